The molecular formula is C17H30N4. The molecule has 1 fully saturated rings. The molecule has 2 aliphatic rings. The molecule has 1 atom stereocenters. The summed E-state index contributed by atoms with van der Waals surface area (Å²) in [6.07, 6.45) is 6.33. The number of nitrogens with one attached hydrogen (secondary N) is 1. The molecule has 0 amide bonds. The van der Waals surface area contributed by atoms with E-state index in [0.717, 1.165) is 31.3 Å². The molecule has 0 saturated heterocycles. The highest BCUT2D eigenvalue weighted by atomic mass is 15.3. The lowest BCUT2D eigenvalue weighted by Crippen LogP contribution is -2.34. The van der Waals surface area contributed by atoms with Crippen molar-refractivity contribution in [3.05, 3.63) is 11.6 Å². The first-order valence-electron chi connectivity index (χ1n) is 8.67. The quantitative estimate of drug-likeness (QED) is 0.904. The van der Waals surface area contributed by atoms with Crippen LogP contribution >= 0.6 is 0 Å². The molecule has 1 N–H and O–H groups in total. The van der Waals surface area contributed by atoms with E-state index in [2.05, 4.69) is 47.8 Å². The van der Waals surface area contributed by atoms with E-state index in [4.69, 9.17) is 0 Å². The molecule has 0 spiro atoms. The van der Waals surface area contributed by atoms with E-state index in [1.54, 1.807) is 0 Å². The fraction of sp³-hybridized carbons (Fsp3) is 0.882. The van der Waals surface area contributed by atoms with Crippen LogP contribution in [-0.4, -0.2) is 21.3 Å². The Kier molecular flexibility index (Phi) is 4.08. The molecule has 118 valence electrons. The van der Waals surface area contributed by atoms with Gasteiger partial charge in [0.1, 0.15) is 11.6 Å². The lowest BCUT2D eigenvalue weighted by Gasteiger charge is -2.37. The van der Waals surface area contributed by atoms with Crippen molar-refractivity contribution in [1.82, 2.24) is 20.1 Å². The molecule has 21 heavy (non-hydrogen) atoms. The van der Waals surface area contributed by atoms with Gasteiger partial charge >= 0.3 is 0 Å². The predicted molar refractivity (Wildman–Crippen MR) is 85.2 cm³/mol. The molecule has 0 aromatic carbocycles. The number of hydrogen-bond donors (Lipinski definition) is 1. The van der Waals surface area contributed by atoms with Gasteiger partial charge in [-0.3, -0.25) is 0 Å². The third-order valence-corrected chi connectivity index (χ3v) is 5.57. The van der Waals surface area contributed by atoms with Crippen molar-refractivity contribution in [2.75, 3.05) is 6.54 Å². The minimum atomic E-state index is 0.394. The van der Waals surface area contributed by atoms with Crippen LogP contribution in [0.4, 0.5) is 0 Å². The summed E-state index contributed by atoms with van der Waals surface area (Å²) in [4.78, 5) is 0. The van der Waals surface area contributed by atoms with Gasteiger partial charge in [0, 0.05) is 19.0 Å². The SMILES string of the molecule is CCC1NCCn2c(C3CCC(C(C)(C)C)CC3)nnc21. The lowest BCUT2D eigenvalue weighted by atomic mass is 9.69. The number of fused-ring (bicyclic) bond motifs is 1. The van der Waals surface area contributed by atoms with E-state index in [0.29, 0.717) is 17.4 Å². The summed E-state index contributed by atoms with van der Waals surface area (Å²) < 4.78 is 2.41. The van der Waals surface area contributed by atoms with Crippen LogP contribution in [0.1, 0.15) is 83.4 Å². The maximum absolute atomic E-state index is 4.58. The van der Waals surface area contributed by atoms with Gasteiger partial charge in [-0.2, -0.15) is 0 Å². The maximum atomic E-state index is 4.58. The maximum Gasteiger partial charge on any atom is 0.150 e. The van der Waals surface area contributed by atoms with Gasteiger partial charge in [0.15, 0.2) is 0 Å². The van der Waals surface area contributed by atoms with Crippen LogP contribution in [0.3, 0.4) is 0 Å². The zero-order valence-electron chi connectivity index (χ0n) is 14.0. The molecule has 1 aliphatic heterocycles. The number of aromatic nitrogens is 3. The Balaban J connectivity index is 1.73. The van der Waals surface area contributed by atoms with E-state index < -0.39 is 0 Å². The summed E-state index contributed by atoms with van der Waals surface area (Å²) in [5, 5.41) is 12.6. The zero-order valence-corrected chi connectivity index (χ0v) is 14.0. The van der Waals surface area contributed by atoms with Gasteiger partial charge in [0.2, 0.25) is 0 Å². The second-order valence-electron chi connectivity index (χ2n) is 7.90. The van der Waals surface area contributed by atoms with Crippen molar-refractivity contribution in [1.29, 1.82) is 0 Å². The molecule has 1 aromatic rings. The van der Waals surface area contributed by atoms with Crippen LogP contribution in [0.2, 0.25) is 0 Å². The first-order chi connectivity index (χ1) is 10.0. The number of rotatable bonds is 2. The van der Waals surface area contributed by atoms with Crippen LogP contribution in [0, 0.1) is 11.3 Å². The average Bonchev–Trinajstić information content (AvgIpc) is 2.90. The molecule has 1 aromatic heterocycles. The monoisotopic (exact) mass is 290 g/mol. The van der Waals surface area contributed by atoms with Gasteiger partial charge in [-0.1, -0.05) is 27.7 Å². The molecule has 4 nitrogen and oxygen atoms in total. The Morgan fingerprint density at radius 3 is 2.38 bits per heavy atom. The van der Waals surface area contributed by atoms with Gasteiger partial charge in [-0.15, -0.1) is 10.2 Å². The van der Waals surface area contributed by atoms with Crippen molar-refractivity contribution in [3.63, 3.8) is 0 Å². The normalized spacial score (nSPS) is 30.2. The summed E-state index contributed by atoms with van der Waals surface area (Å²) in [5.74, 6) is 3.91. The van der Waals surface area contributed by atoms with Crippen molar-refractivity contribution < 1.29 is 0 Å². The average molecular weight is 290 g/mol. The summed E-state index contributed by atoms with van der Waals surface area (Å²) in [6, 6.07) is 0.394. The van der Waals surface area contributed by atoms with E-state index in [1.165, 1.54) is 31.5 Å². The molecular weight excluding hydrogens is 260 g/mol. The Morgan fingerprint density at radius 1 is 1.10 bits per heavy atom. The molecule has 1 saturated carbocycles. The Morgan fingerprint density at radius 2 is 1.76 bits per heavy atom. The number of hydrogen-bond acceptors (Lipinski definition) is 3. The molecule has 1 unspecified atom stereocenters. The van der Waals surface area contributed by atoms with Crippen LogP contribution in [-0.2, 0) is 6.54 Å². The highest BCUT2D eigenvalue weighted by Crippen LogP contribution is 2.43. The summed E-state index contributed by atoms with van der Waals surface area (Å²) in [6.45, 7) is 11.5. The Hall–Kier alpha value is -0.900. The van der Waals surface area contributed by atoms with Crippen LogP contribution in [0.25, 0.3) is 0 Å². The van der Waals surface area contributed by atoms with Gasteiger partial charge in [-0.25, -0.2) is 0 Å². The molecule has 2 heterocycles. The fourth-order valence-corrected chi connectivity index (χ4v) is 4.10. The molecule has 0 radical (unpaired) electrons. The lowest BCUT2D eigenvalue weighted by molar-refractivity contribution is 0.166. The smallest absolute Gasteiger partial charge is 0.150 e. The fourth-order valence-electron chi connectivity index (χ4n) is 4.10. The molecule has 0 bridgehead atoms. The second-order valence-corrected chi connectivity index (χ2v) is 7.90. The van der Waals surface area contributed by atoms with Gasteiger partial charge in [-0.05, 0) is 43.4 Å². The number of nitrogens with zero attached hydrogens (tertiary/aromatic N) is 3. The van der Waals surface area contributed by atoms with Gasteiger partial charge < -0.3 is 9.88 Å². The van der Waals surface area contributed by atoms with E-state index in [-0.39, 0.29) is 0 Å². The summed E-state index contributed by atoms with van der Waals surface area (Å²) in [5.41, 5.74) is 0.451. The first-order valence-corrected chi connectivity index (χ1v) is 8.67. The highest BCUT2D eigenvalue weighted by Gasteiger charge is 2.33. The predicted octanol–water partition coefficient (Wildman–Crippen LogP) is 3.65. The van der Waals surface area contributed by atoms with E-state index in [1.807, 2.05) is 0 Å². The third kappa shape index (κ3) is 2.87. The van der Waals surface area contributed by atoms with Gasteiger partial charge in [0.25, 0.3) is 0 Å². The highest BCUT2D eigenvalue weighted by molar-refractivity contribution is 5.09. The molecule has 1 aliphatic carbocycles. The van der Waals surface area contributed by atoms with Crippen molar-refractivity contribution >= 4 is 0 Å². The minimum Gasteiger partial charge on any atom is -0.312 e. The largest absolute Gasteiger partial charge is 0.312 e. The third-order valence-electron chi connectivity index (χ3n) is 5.57. The standard InChI is InChI=1S/C17H30N4/c1-5-14-16-20-19-15(21(16)11-10-18-14)12-6-8-13(9-7-12)17(2,3)4/h12-14,18H,5-11H2,1-4H3. The van der Waals surface area contributed by atoms with Crippen molar-refractivity contribution in [3.8, 4) is 0 Å². The Labute approximate surface area is 128 Å². The van der Waals surface area contributed by atoms with Crippen molar-refractivity contribution in [2.45, 2.75) is 78.3 Å². The van der Waals surface area contributed by atoms with Crippen LogP contribution in [0.15, 0.2) is 0 Å². The van der Waals surface area contributed by atoms with Gasteiger partial charge in [0.05, 0.1) is 6.04 Å². The van der Waals surface area contributed by atoms with Crippen molar-refractivity contribution in [2.24, 2.45) is 11.3 Å². The molecule has 4 heteroatoms. The van der Waals surface area contributed by atoms with Crippen LogP contribution < -0.4 is 5.32 Å². The topological polar surface area (TPSA) is 42.7 Å². The minimum absolute atomic E-state index is 0.394. The summed E-state index contributed by atoms with van der Waals surface area (Å²) in [7, 11) is 0. The second kappa shape index (κ2) is 5.71. The molecule has 3 rings (SSSR count). The Bertz CT molecular complexity index is 477. The van der Waals surface area contributed by atoms with Crippen LogP contribution in [0.5, 0.6) is 0 Å². The first kappa shape index (κ1) is 15.0. The summed E-state index contributed by atoms with van der Waals surface area (Å²) >= 11 is 0. The van der Waals surface area contributed by atoms with E-state index >= 15 is 0 Å². The zero-order chi connectivity index (χ0) is 15.0. The van der Waals surface area contributed by atoms with E-state index in [9.17, 15) is 0 Å².